The summed E-state index contributed by atoms with van der Waals surface area (Å²) in [4.78, 5) is 29.5. The average Bonchev–Trinajstić information content (AvgIpc) is 3.41. The number of aromatic nitrogens is 3. The molecule has 0 atom stereocenters. The molecule has 2 aromatic heterocycles. The van der Waals surface area contributed by atoms with Crippen LogP contribution in [0.4, 0.5) is 4.39 Å². The molecule has 5 rings (SSSR count). The van der Waals surface area contributed by atoms with Gasteiger partial charge in [-0.05, 0) is 31.0 Å². The Hall–Kier alpha value is -2.36. The van der Waals surface area contributed by atoms with Gasteiger partial charge in [-0.25, -0.2) is 14.4 Å². The molecule has 158 valence electrons. The van der Waals surface area contributed by atoms with Crippen molar-refractivity contribution in [3.05, 3.63) is 45.9 Å². The van der Waals surface area contributed by atoms with Gasteiger partial charge in [0.15, 0.2) is 0 Å². The third kappa shape index (κ3) is 4.10. The lowest BCUT2D eigenvalue weighted by Crippen LogP contribution is -2.38. The molecule has 9 heteroatoms. The zero-order valence-corrected chi connectivity index (χ0v) is 17.5. The van der Waals surface area contributed by atoms with Gasteiger partial charge in [0.05, 0.1) is 30.8 Å². The molecule has 0 aliphatic carbocycles. The van der Waals surface area contributed by atoms with Crippen LogP contribution in [0.3, 0.4) is 0 Å². The topological polar surface area (TPSA) is 74.4 Å². The lowest BCUT2D eigenvalue weighted by atomic mass is 9.96. The molecule has 2 aliphatic heterocycles. The zero-order chi connectivity index (χ0) is 20.5. The maximum atomic E-state index is 13.4. The molecule has 1 N–H and O–H groups in total. The van der Waals surface area contributed by atoms with E-state index in [0.29, 0.717) is 18.8 Å². The molecule has 1 aromatic carbocycles. The van der Waals surface area contributed by atoms with Crippen LogP contribution in [0.1, 0.15) is 40.1 Å². The Morgan fingerprint density at radius 1 is 1.20 bits per heavy atom. The van der Waals surface area contributed by atoms with Crippen LogP contribution >= 0.6 is 11.3 Å². The van der Waals surface area contributed by atoms with Crippen molar-refractivity contribution < 1.29 is 13.9 Å². The minimum Gasteiger partial charge on any atom is -0.379 e. The number of nitrogens with one attached hydrogen (secondary N) is 1. The Balaban J connectivity index is 1.19. The first-order chi connectivity index (χ1) is 14.7. The molecule has 30 heavy (non-hydrogen) atoms. The predicted octanol–water partition coefficient (Wildman–Crippen LogP) is 3.01. The Bertz CT molecular complexity index is 1040. The van der Waals surface area contributed by atoms with Gasteiger partial charge < -0.3 is 14.6 Å². The van der Waals surface area contributed by atoms with Crippen molar-refractivity contribution in [3.63, 3.8) is 0 Å². The number of nitrogens with zero attached hydrogens (tertiary/aromatic N) is 4. The number of H-pyrrole nitrogens is 1. The molecular formula is C21H24FN5O2S. The number of rotatable bonds is 4. The number of amides is 1. The highest BCUT2D eigenvalue weighted by Gasteiger charge is 2.27. The maximum Gasteiger partial charge on any atom is 0.273 e. The maximum absolute atomic E-state index is 13.4. The van der Waals surface area contributed by atoms with Crippen LogP contribution in [-0.2, 0) is 11.3 Å². The number of thiazole rings is 1. The normalized spacial score (nSPS) is 18.9. The van der Waals surface area contributed by atoms with E-state index in [-0.39, 0.29) is 17.6 Å². The van der Waals surface area contributed by atoms with Gasteiger partial charge in [-0.2, -0.15) is 0 Å². The number of halogens is 1. The number of aromatic amines is 1. The van der Waals surface area contributed by atoms with Crippen LogP contribution in [0.25, 0.3) is 11.0 Å². The Morgan fingerprint density at radius 3 is 2.80 bits per heavy atom. The fourth-order valence-corrected chi connectivity index (χ4v) is 4.95. The number of benzene rings is 1. The predicted molar refractivity (Wildman–Crippen MR) is 112 cm³/mol. The molecular weight excluding hydrogens is 405 g/mol. The van der Waals surface area contributed by atoms with Crippen LogP contribution < -0.4 is 0 Å². The van der Waals surface area contributed by atoms with E-state index >= 15 is 0 Å². The van der Waals surface area contributed by atoms with Gasteiger partial charge in [-0.15, -0.1) is 11.3 Å². The number of imidazole rings is 1. The first kappa shape index (κ1) is 19.6. The minimum absolute atomic E-state index is 0.00426. The van der Waals surface area contributed by atoms with E-state index in [2.05, 4.69) is 19.9 Å². The van der Waals surface area contributed by atoms with E-state index in [4.69, 9.17) is 4.74 Å². The second kappa shape index (κ2) is 8.41. The smallest absolute Gasteiger partial charge is 0.273 e. The summed E-state index contributed by atoms with van der Waals surface area (Å²) < 4.78 is 18.8. The number of hydrogen-bond acceptors (Lipinski definition) is 6. The van der Waals surface area contributed by atoms with Crippen LogP contribution in [-0.4, -0.2) is 70.1 Å². The van der Waals surface area contributed by atoms with E-state index < -0.39 is 0 Å². The monoisotopic (exact) mass is 429 g/mol. The zero-order valence-electron chi connectivity index (χ0n) is 16.6. The molecule has 1 amide bonds. The summed E-state index contributed by atoms with van der Waals surface area (Å²) in [7, 11) is 0. The summed E-state index contributed by atoms with van der Waals surface area (Å²) in [6.07, 6.45) is 1.66. The van der Waals surface area contributed by atoms with Crippen LogP contribution in [0, 0.1) is 5.82 Å². The average molecular weight is 430 g/mol. The molecule has 0 bridgehead atoms. The number of morpholine rings is 1. The summed E-state index contributed by atoms with van der Waals surface area (Å²) in [5.41, 5.74) is 2.04. The van der Waals surface area contributed by atoms with Gasteiger partial charge in [0.25, 0.3) is 5.91 Å². The number of carbonyl (C=O) groups is 1. The van der Waals surface area contributed by atoms with Gasteiger partial charge >= 0.3 is 0 Å². The summed E-state index contributed by atoms with van der Waals surface area (Å²) in [5.74, 6) is 0.861. The third-order valence-corrected chi connectivity index (χ3v) is 6.70. The van der Waals surface area contributed by atoms with E-state index in [9.17, 15) is 9.18 Å². The van der Waals surface area contributed by atoms with Crippen molar-refractivity contribution in [2.45, 2.75) is 25.3 Å². The van der Waals surface area contributed by atoms with E-state index in [0.717, 1.165) is 67.6 Å². The van der Waals surface area contributed by atoms with E-state index in [1.165, 1.54) is 12.1 Å². The molecule has 2 aliphatic rings. The molecule has 0 unspecified atom stereocenters. The molecule has 0 saturated carbocycles. The minimum atomic E-state index is -0.269. The fourth-order valence-electron chi connectivity index (χ4n) is 4.15. The number of likely N-dealkylation sites (tertiary alicyclic amines) is 1. The quantitative estimate of drug-likeness (QED) is 0.690. The number of fused-ring (bicyclic) bond motifs is 1. The molecule has 2 fully saturated rings. The molecule has 0 spiro atoms. The largest absolute Gasteiger partial charge is 0.379 e. The number of hydrogen-bond donors (Lipinski definition) is 1. The standard InChI is InChI=1S/C21H24FN5O2S/c22-15-1-2-16-17(11-15)25-20(24-16)14-3-5-27(6-4-14)21(28)18-13-30-19(23-18)12-26-7-9-29-10-8-26/h1-2,11,13-14H,3-10,12H2,(H,24,25). The number of ether oxygens (including phenoxy) is 1. The van der Waals surface area contributed by atoms with Crippen LogP contribution in [0.2, 0.25) is 0 Å². The van der Waals surface area contributed by atoms with Crippen LogP contribution in [0.5, 0.6) is 0 Å². The first-order valence-electron chi connectivity index (χ1n) is 10.3. The summed E-state index contributed by atoms with van der Waals surface area (Å²) in [6, 6.07) is 4.59. The first-order valence-corrected chi connectivity index (χ1v) is 11.2. The van der Waals surface area contributed by atoms with Crippen LogP contribution in [0.15, 0.2) is 23.6 Å². The number of piperidine rings is 1. The summed E-state index contributed by atoms with van der Waals surface area (Å²) in [6.45, 7) is 5.45. The van der Waals surface area contributed by atoms with Gasteiger partial charge in [-0.3, -0.25) is 9.69 Å². The highest BCUT2D eigenvalue weighted by atomic mass is 32.1. The summed E-state index contributed by atoms with van der Waals surface area (Å²) >= 11 is 1.55. The molecule has 7 nitrogen and oxygen atoms in total. The van der Waals surface area contributed by atoms with Crippen molar-refractivity contribution >= 4 is 28.3 Å². The van der Waals surface area contributed by atoms with Crippen molar-refractivity contribution in [1.82, 2.24) is 24.8 Å². The molecule has 4 heterocycles. The Labute approximate surface area is 177 Å². The van der Waals surface area contributed by atoms with E-state index in [1.54, 1.807) is 17.4 Å². The van der Waals surface area contributed by atoms with Gasteiger partial charge in [0.2, 0.25) is 0 Å². The number of carbonyl (C=O) groups excluding carboxylic acids is 1. The van der Waals surface area contributed by atoms with Gasteiger partial charge in [0.1, 0.15) is 22.3 Å². The second-order valence-corrected chi connectivity index (χ2v) is 8.81. The summed E-state index contributed by atoms with van der Waals surface area (Å²) in [5, 5.41) is 2.85. The Kier molecular flexibility index (Phi) is 5.49. The molecule has 0 radical (unpaired) electrons. The van der Waals surface area contributed by atoms with Crippen molar-refractivity contribution in [2.75, 3.05) is 39.4 Å². The SMILES string of the molecule is O=C(c1csc(CN2CCOCC2)n1)N1CCC(c2nc3ccc(F)cc3[nH]2)CC1. The Morgan fingerprint density at radius 2 is 2.00 bits per heavy atom. The lowest BCUT2D eigenvalue weighted by Gasteiger charge is -2.30. The molecule has 3 aromatic rings. The van der Waals surface area contributed by atoms with Gasteiger partial charge in [-0.1, -0.05) is 0 Å². The van der Waals surface area contributed by atoms with Crippen molar-refractivity contribution in [2.24, 2.45) is 0 Å². The lowest BCUT2D eigenvalue weighted by molar-refractivity contribution is 0.0341. The van der Waals surface area contributed by atoms with Crippen molar-refractivity contribution in [1.29, 1.82) is 0 Å². The van der Waals surface area contributed by atoms with Crippen molar-refractivity contribution in [3.8, 4) is 0 Å². The fraction of sp³-hybridized carbons (Fsp3) is 0.476. The van der Waals surface area contributed by atoms with Gasteiger partial charge in [0, 0.05) is 37.5 Å². The highest BCUT2D eigenvalue weighted by Crippen LogP contribution is 2.29. The highest BCUT2D eigenvalue weighted by molar-refractivity contribution is 7.09. The molecule has 2 saturated heterocycles. The second-order valence-electron chi connectivity index (χ2n) is 7.86. The third-order valence-electron chi connectivity index (χ3n) is 5.86. The van der Waals surface area contributed by atoms with E-state index in [1.807, 2.05) is 10.3 Å².